The summed E-state index contributed by atoms with van der Waals surface area (Å²) in [6, 6.07) is 6.02. The molecule has 19 heavy (non-hydrogen) atoms. The molecule has 4 nitrogen and oxygen atoms in total. The molecule has 0 atom stereocenters. The van der Waals surface area contributed by atoms with Crippen LogP contribution in [0.15, 0.2) is 24.3 Å². The molecule has 0 spiro atoms. The Kier molecular flexibility index (Phi) is 4.47. The van der Waals surface area contributed by atoms with Crippen molar-refractivity contribution in [3.63, 3.8) is 0 Å². The molecule has 2 aromatic rings. The Morgan fingerprint density at radius 2 is 1.74 bits per heavy atom. The monoisotopic (exact) mass is 335 g/mol. The van der Waals surface area contributed by atoms with Crippen LogP contribution in [0.3, 0.4) is 0 Å². The lowest BCUT2D eigenvalue weighted by atomic mass is 10.2. The summed E-state index contributed by atoms with van der Waals surface area (Å²) in [6.45, 7) is 0. The number of nitrogens with zero attached hydrogens (tertiary/aromatic N) is 2. The second-order valence-corrected chi connectivity index (χ2v) is 5.01. The van der Waals surface area contributed by atoms with Crippen molar-refractivity contribution in [3.05, 3.63) is 50.2 Å². The SMILES string of the molecule is O=C(Nc1ccc(Cl)c(Cl)c1)c1cc(Cl)nnc1Cl. The molecule has 0 aliphatic carbocycles. The van der Waals surface area contributed by atoms with Crippen molar-refractivity contribution in [2.45, 2.75) is 0 Å². The number of carbonyl (C=O) groups is 1. The number of aromatic nitrogens is 2. The minimum atomic E-state index is -0.472. The third-order valence-corrected chi connectivity index (χ3v) is 3.34. The van der Waals surface area contributed by atoms with Crippen LogP contribution in [0.5, 0.6) is 0 Å². The number of rotatable bonds is 2. The normalized spacial score (nSPS) is 10.3. The molecule has 0 aliphatic heterocycles. The fourth-order valence-electron chi connectivity index (χ4n) is 1.28. The van der Waals surface area contributed by atoms with Crippen LogP contribution in [-0.2, 0) is 0 Å². The molecule has 0 saturated heterocycles. The van der Waals surface area contributed by atoms with E-state index in [0.29, 0.717) is 15.7 Å². The number of anilines is 1. The van der Waals surface area contributed by atoms with Gasteiger partial charge in [-0.05, 0) is 24.3 Å². The maximum atomic E-state index is 12.0. The van der Waals surface area contributed by atoms with Gasteiger partial charge in [0, 0.05) is 5.69 Å². The van der Waals surface area contributed by atoms with E-state index in [1.807, 2.05) is 0 Å². The summed E-state index contributed by atoms with van der Waals surface area (Å²) in [5, 5.41) is 10.4. The number of hydrogen-bond acceptors (Lipinski definition) is 3. The van der Waals surface area contributed by atoms with E-state index in [2.05, 4.69) is 15.5 Å². The van der Waals surface area contributed by atoms with Crippen molar-refractivity contribution in [2.75, 3.05) is 5.32 Å². The van der Waals surface area contributed by atoms with E-state index in [9.17, 15) is 4.79 Å². The van der Waals surface area contributed by atoms with Crippen molar-refractivity contribution < 1.29 is 4.79 Å². The molecular weight excluding hydrogens is 332 g/mol. The van der Waals surface area contributed by atoms with Crippen molar-refractivity contribution >= 4 is 58.0 Å². The van der Waals surface area contributed by atoms with Crippen LogP contribution in [0.25, 0.3) is 0 Å². The van der Waals surface area contributed by atoms with Crippen LogP contribution in [0.4, 0.5) is 5.69 Å². The largest absolute Gasteiger partial charge is 0.322 e. The van der Waals surface area contributed by atoms with Crippen LogP contribution in [0, 0.1) is 0 Å². The molecule has 1 N–H and O–H groups in total. The van der Waals surface area contributed by atoms with E-state index in [-0.39, 0.29) is 15.9 Å². The summed E-state index contributed by atoms with van der Waals surface area (Å²) in [7, 11) is 0. The first kappa shape index (κ1) is 14.3. The smallest absolute Gasteiger partial charge is 0.258 e. The van der Waals surface area contributed by atoms with Gasteiger partial charge in [-0.2, -0.15) is 0 Å². The fourth-order valence-corrected chi connectivity index (χ4v) is 1.91. The van der Waals surface area contributed by atoms with E-state index in [4.69, 9.17) is 46.4 Å². The zero-order chi connectivity index (χ0) is 14.0. The molecule has 0 saturated carbocycles. The Hall–Kier alpha value is -1.07. The fraction of sp³-hybridized carbons (Fsp3) is 0. The second-order valence-electron chi connectivity index (χ2n) is 3.45. The molecular formula is C11H5Cl4N3O. The summed E-state index contributed by atoms with van der Waals surface area (Å²) >= 11 is 23.1. The van der Waals surface area contributed by atoms with Gasteiger partial charge in [-0.25, -0.2) is 0 Å². The molecule has 98 valence electrons. The lowest BCUT2D eigenvalue weighted by molar-refractivity contribution is 0.102. The molecule has 1 heterocycles. The zero-order valence-electron chi connectivity index (χ0n) is 9.12. The molecule has 0 unspecified atom stereocenters. The van der Waals surface area contributed by atoms with Crippen LogP contribution in [-0.4, -0.2) is 16.1 Å². The lowest BCUT2D eigenvalue weighted by Crippen LogP contribution is -2.13. The van der Waals surface area contributed by atoms with Gasteiger partial charge in [-0.3, -0.25) is 4.79 Å². The summed E-state index contributed by atoms with van der Waals surface area (Å²) in [6.07, 6.45) is 0. The highest BCUT2D eigenvalue weighted by Gasteiger charge is 2.13. The van der Waals surface area contributed by atoms with Crippen molar-refractivity contribution in [1.29, 1.82) is 0 Å². The van der Waals surface area contributed by atoms with Gasteiger partial charge >= 0.3 is 0 Å². The Balaban J connectivity index is 2.25. The minimum Gasteiger partial charge on any atom is -0.322 e. The quantitative estimate of drug-likeness (QED) is 0.887. The van der Waals surface area contributed by atoms with Crippen LogP contribution in [0.2, 0.25) is 20.4 Å². The van der Waals surface area contributed by atoms with E-state index in [1.165, 1.54) is 12.1 Å². The van der Waals surface area contributed by atoms with Gasteiger partial charge in [-0.1, -0.05) is 46.4 Å². The lowest BCUT2D eigenvalue weighted by Gasteiger charge is -2.07. The van der Waals surface area contributed by atoms with Gasteiger partial charge in [0.15, 0.2) is 10.3 Å². The Bertz CT molecular complexity index is 648. The number of hydrogen-bond donors (Lipinski definition) is 1. The Morgan fingerprint density at radius 1 is 1.00 bits per heavy atom. The van der Waals surface area contributed by atoms with Crippen molar-refractivity contribution in [3.8, 4) is 0 Å². The molecule has 0 radical (unpaired) electrons. The van der Waals surface area contributed by atoms with E-state index >= 15 is 0 Å². The maximum Gasteiger partial charge on any atom is 0.258 e. The first-order valence-electron chi connectivity index (χ1n) is 4.92. The van der Waals surface area contributed by atoms with Gasteiger partial charge in [0.2, 0.25) is 0 Å². The highest BCUT2D eigenvalue weighted by molar-refractivity contribution is 6.42. The summed E-state index contributed by atoms with van der Waals surface area (Å²) in [5.74, 6) is -0.472. The number of carbonyl (C=O) groups excluding carboxylic acids is 1. The third-order valence-electron chi connectivity index (χ3n) is 2.14. The van der Waals surface area contributed by atoms with Gasteiger partial charge in [-0.15, -0.1) is 10.2 Å². The third kappa shape index (κ3) is 3.48. The number of halogens is 4. The molecule has 1 amide bonds. The van der Waals surface area contributed by atoms with Crippen LogP contribution >= 0.6 is 46.4 Å². The number of nitrogens with one attached hydrogen (secondary N) is 1. The summed E-state index contributed by atoms with van der Waals surface area (Å²) in [4.78, 5) is 12.0. The zero-order valence-corrected chi connectivity index (χ0v) is 12.1. The van der Waals surface area contributed by atoms with Gasteiger partial charge in [0.1, 0.15) is 0 Å². The molecule has 0 aliphatic rings. The average Bonchev–Trinajstić information content (AvgIpc) is 2.36. The second kappa shape index (κ2) is 5.92. The van der Waals surface area contributed by atoms with Crippen molar-refractivity contribution in [2.24, 2.45) is 0 Å². The summed E-state index contributed by atoms with van der Waals surface area (Å²) < 4.78 is 0. The van der Waals surface area contributed by atoms with E-state index in [0.717, 1.165) is 0 Å². The predicted octanol–water partition coefficient (Wildman–Crippen LogP) is 4.34. The molecule has 1 aromatic carbocycles. The van der Waals surface area contributed by atoms with E-state index in [1.54, 1.807) is 12.1 Å². The Labute approximate surface area is 128 Å². The highest BCUT2D eigenvalue weighted by atomic mass is 35.5. The van der Waals surface area contributed by atoms with Gasteiger partial charge in [0.05, 0.1) is 15.6 Å². The van der Waals surface area contributed by atoms with Crippen LogP contribution < -0.4 is 5.32 Å². The highest BCUT2D eigenvalue weighted by Crippen LogP contribution is 2.25. The first-order chi connectivity index (χ1) is 8.97. The number of benzene rings is 1. The topological polar surface area (TPSA) is 54.9 Å². The molecule has 2 rings (SSSR count). The number of amides is 1. The van der Waals surface area contributed by atoms with Crippen molar-refractivity contribution in [1.82, 2.24) is 10.2 Å². The Morgan fingerprint density at radius 3 is 2.42 bits per heavy atom. The minimum absolute atomic E-state index is 0.0399. The predicted molar refractivity (Wildman–Crippen MR) is 76.5 cm³/mol. The van der Waals surface area contributed by atoms with Gasteiger partial charge in [0.25, 0.3) is 5.91 Å². The molecule has 0 bridgehead atoms. The molecule has 8 heteroatoms. The summed E-state index contributed by atoms with van der Waals surface area (Å²) in [5.41, 5.74) is 0.594. The molecule has 0 fully saturated rings. The van der Waals surface area contributed by atoms with Crippen LogP contribution in [0.1, 0.15) is 10.4 Å². The average molecular weight is 337 g/mol. The molecule has 1 aromatic heterocycles. The standard InChI is InChI=1S/C11H5Cl4N3O/c12-7-2-1-5(3-8(7)13)16-11(19)6-4-9(14)17-18-10(6)15/h1-4H,(H,16,19). The first-order valence-corrected chi connectivity index (χ1v) is 6.43. The van der Waals surface area contributed by atoms with Gasteiger partial charge < -0.3 is 5.32 Å². The van der Waals surface area contributed by atoms with E-state index < -0.39 is 5.91 Å². The maximum absolute atomic E-state index is 12.0.